The van der Waals surface area contributed by atoms with Crippen molar-refractivity contribution in [1.29, 1.82) is 0 Å². The van der Waals surface area contributed by atoms with Crippen molar-refractivity contribution in [2.45, 2.75) is 25.8 Å². The van der Waals surface area contributed by atoms with Gasteiger partial charge in [-0.2, -0.15) is 0 Å². The standard InChI is InChI=1S/C16H20N2O2/c1-11(12-6-8-20-9-7-12)17-15-10-13-4-2-3-5-14(13)16(19)18-15/h2-5,10-12H,6-9H2,1H3,(H2,17,18,19). The zero-order valence-electron chi connectivity index (χ0n) is 11.7. The van der Waals surface area contributed by atoms with E-state index in [-0.39, 0.29) is 5.56 Å². The second-order valence-corrected chi connectivity index (χ2v) is 5.48. The van der Waals surface area contributed by atoms with Gasteiger partial charge in [-0.25, -0.2) is 0 Å². The number of anilines is 1. The van der Waals surface area contributed by atoms with Crippen LogP contribution in [0.1, 0.15) is 19.8 Å². The number of pyridine rings is 1. The van der Waals surface area contributed by atoms with E-state index in [0.717, 1.165) is 42.6 Å². The highest BCUT2D eigenvalue weighted by atomic mass is 16.5. The molecular weight excluding hydrogens is 252 g/mol. The van der Waals surface area contributed by atoms with Crippen molar-refractivity contribution < 1.29 is 4.74 Å². The maximum atomic E-state index is 12.0. The molecule has 0 bridgehead atoms. The van der Waals surface area contributed by atoms with E-state index < -0.39 is 0 Å². The van der Waals surface area contributed by atoms with Crippen molar-refractivity contribution >= 4 is 16.6 Å². The normalized spacial score (nSPS) is 18.1. The Bertz CT molecular complexity index is 644. The fourth-order valence-corrected chi connectivity index (χ4v) is 2.87. The average Bonchev–Trinajstić information content (AvgIpc) is 2.48. The van der Waals surface area contributed by atoms with Gasteiger partial charge in [-0.3, -0.25) is 4.79 Å². The summed E-state index contributed by atoms with van der Waals surface area (Å²) in [4.78, 5) is 15.0. The van der Waals surface area contributed by atoms with Crippen molar-refractivity contribution in [2.24, 2.45) is 5.92 Å². The van der Waals surface area contributed by atoms with Crippen LogP contribution in [0.25, 0.3) is 10.8 Å². The molecule has 2 aromatic rings. The van der Waals surface area contributed by atoms with E-state index in [9.17, 15) is 4.79 Å². The predicted molar refractivity (Wildman–Crippen MR) is 81.2 cm³/mol. The zero-order chi connectivity index (χ0) is 13.9. The molecule has 20 heavy (non-hydrogen) atoms. The molecule has 1 atom stereocenters. The van der Waals surface area contributed by atoms with Crippen molar-refractivity contribution in [3.8, 4) is 0 Å². The third-order valence-electron chi connectivity index (χ3n) is 4.11. The number of rotatable bonds is 3. The van der Waals surface area contributed by atoms with E-state index in [1.165, 1.54) is 0 Å². The van der Waals surface area contributed by atoms with Crippen molar-refractivity contribution in [3.63, 3.8) is 0 Å². The van der Waals surface area contributed by atoms with E-state index in [1.54, 1.807) is 0 Å². The number of benzene rings is 1. The number of aromatic amines is 1. The Kier molecular flexibility index (Phi) is 3.74. The first-order valence-electron chi connectivity index (χ1n) is 7.20. The summed E-state index contributed by atoms with van der Waals surface area (Å²) < 4.78 is 5.39. The van der Waals surface area contributed by atoms with Gasteiger partial charge in [0.2, 0.25) is 0 Å². The molecule has 0 amide bonds. The molecule has 3 rings (SSSR count). The van der Waals surface area contributed by atoms with Crippen LogP contribution in [-0.4, -0.2) is 24.2 Å². The quantitative estimate of drug-likeness (QED) is 0.903. The number of hydrogen-bond acceptors (Lipinski definition) is 3. The fourth-order valence-electron chi connectivity index (χ4n) is 2.87. The zero-order valence-corrected chi connectivity index (χ0v) is 11.7. The van der Waals surface area contributed by atoms with Crippen LogP contribution in [-0.2, 0) is 4.74 Å². The molecule has 0 saturated carbocycles. The van der Waals surface area contributed by atoms with E-state index in [4.69, 9.17) is 4.74 Å². The smallest absolute Gasteiger partial charge is 0.257 e. The summed E-state index contributed by atoms with van der Waals surface area (Å²) in [6.45, 7) is 3.85. The Morgan fingerprint density at radius 2 is 2.05 bits per heavy atom. The van der Waals surface area contributed by atoms with E-state index in [1.807, 2.05) is 30.3 Å². The minimum Gasteiger partial charge on any atom is -0.381 e. The molecule has 106 valence electrons. The maximum Gasteiger partial charge on any atom is 0.257 e. The SMILES string of the molecule is CC(Nc1cc2ccccc2c(=O)[nH]1)C1CCOCC1. The number of ether oxygens (including phenoxy) is 1. The monoisotopic (exact) mass is 272 g/mol. The molecule has 1 aromatic carbocycles. The van der Waals surface area contributed by atoms with Crippen molar-refractivity contribution in [3.05, 3.63) is 40.7 Å². The number of aromatic nitrogens is 1. The molecule has 1 aliphatic rings. The van der Waals surface area contributed by atoms with Gasteiger partial charge < -0.3 is 15.0 Å². The Labute approximate surface area is 118 Å². The van der Waals surface area contributed by atoms with Crippen LogP contribution in [0, 0.1) is 5.92 Å². The summed E-state index contributed by atoms with van der Waals surface area (Å²) in [5.41, 5.74) is -0.0372. The Balaban J connectivity index is 1.81. The molecule has 2 heterocycles. The largest absolute Gasteiger partial charge is 0.381 e. The van der Waals surface area contributed by atoms with Gasteiger partial charge in [-0.1, -0.05) is 18.2 Å². The molecule has 1 fully saturated rings. The highest BCUT2D eigenvalue weighted by Gasteiger charge is 2.20. The van der Waals surface area contributed by atoms with E-state index in [0.29, 0.717) is 12.0 Å². The van der Waals surface area contributed by atoms with E-state index in [2.05, 4.69) is 17.2 Å². The summed E-state index contributed by atoms with van der Waals surface area (Å²) in [5.74, 6) is 1.39. The maximum absolute atomic E-state index is 12.0. The van der Waals surface area contributed by atoms with Gasteiger partial charge in [-0.05, 0) is 43.2 Å². The molecule has 4 nitrogen and oxygen atoms in total. The van der Waals surface area contributed by atoms with Crippen LogP contribution in [0.5, 0.6) is 0 Å². The van der Waals surface area contributed by atoms with Crippen LogP contribution in [0.4, 0.5) is 5.82 Å². The molecule has 1 aliphatic heterocycles. The van der Waals surface area contributed by atoms with Gasteiger partial charge >= 0.3 is 0 Å². The summed E-state index contributed by atoms with van der Waals surface area (Å²) in [5, 5.41) is 5.14. The summed E-state index contributed by atoms with van der Waals surface area (Å²) in [6, 6.07) is 9.99. The predicted octanol–water partition coefficient (Wildman–Crippen LogP) is 2.76. The highest BCUT2D eigenvalue weighted by molar-refractivity contribution is 5.83. The van der Waals surface area contributed by atoms with Crippen LogP contribution in [0.15, 0.2) is 35.1 Å². The number of H-pyrrole nitrogens is 1. The minimum atomic E-state index is -0.0372. The van der Waals surface area contributed by atoms with Crippen molar-refractivity contribution in [1.82, 2.24) is 4.98 Å². The number of nitrogens with one attached hydrogen (secondary N) is 2. The van der Waals surface area contributed by atoms with Crippen molar-refractivity contribution in [2.75, 3.05) is 18.5 Å². The Morgan fingerprint density at radius 1 is 1.30 bits per heavy atom. The lowest BCUT2D eigenvalue weighted by Crippen LogP contribution is -2.31. The minimum absolute atomic E-state index is 0.0372. The van der Waals surface area contributed by atoms with Gasteiger partial charge in [0.15, 0.2) is 0 Å². The molecule has 1 saturated heterocycles. The number of hydrogen-bond donors (Lipinski definition) is 2. The lowest BCUT2D eigenvalue weighted by molar-refractivity contribution is 0.0622. The van der Waals surface area contributed by atoms with Crippen LogP contribution < -0.4 is 10.9 Å². The average molecular weight is 272 g/mol. The molecule has 0 aliphatic carbocycles. The van der Waals surface area contributed by atoms with E-state index >= 15 is 0 Å². The summed E-state index contributed by atoms with van der Waals surface area (Å²) in [7, 11) is 0. The molecule has 1 aromatic heterocycles. The topological polar surface area (TPSA) is 54.1 Å². The second-order valence-electron chi connectivity index (χ2n) is 5.48. The first kappa shape index (κ1) is 13.2. The molecule has 4 heteroatoms. The van der Waals surface area contributed by atoms with Gasteiger partial charge in [0.05, 0.1) is 0 Å². The fraction of sp³-hybridized carbons (Fsp3) is 0.438. The van der Waals surface area contributed by atoms with Gasteiger partial charge in [0.25, 0.3) is 5.56 Å². The lowest BCUT2D eigenvalue weighted by Gasteiger charge is -2.28. The lowest BCUT2D eigenvalue weighted by atomic mass is 9.93. The highest BCUT2D eigenvalue weighted by Crippen LogP contribution is 2.21. The first-order chi connectivity index (χ1) is 9.74. The summed E-state index contributed by atoms with van der Waals surface area (Å²) in [6.07, 6.45) is 2.15. The van der Waals surface area contributed by atoms with Crippen LogP contribution in [0.3, 0.4) is 0 Å². The van der Waals surface area contributed by atoms with Crippen LogP contribution in [0.2, 0.25) is 0 Å². The molecular formula is C16H20N2O2. The van der Waals surface area contributed by atoms with Gasteiger partial charge in [0.1, 0.15) is 5.82 Å². The number of fused-ring (bicyclic) bond motifs is 1. The molecule has 1 unspecified atom stereocenters. The summed E-state index contributed by atoms with van der Waals surface area (Å²) >= 11 is 0. The molecule has 0 spiro atoms. The first-order valence-corrected chi connectivity index (χ1v) is 7.20. The molecule has 0 radical (unpaired) electrons. The third kappa shape index (κ3) is 2.70. The third-order valence-corrected chi connectivity index (χ3v) is 4.11. The second kappa shape index (κ2) is 5.67. The van der Waals surface area contributed by atoms with Crippen LogP contribution >= 0.6 is 0 Å². The Morgan fingerprint density at radius 3 is 2.85 bits per heavy atom. The van der Waals surface area contributed by atoms with Gasteiger partial charge in [0, 0.05) is 24.6 Å². The molecule has 2 N–H and O–H groups in total. The Hall–Kier alpha value is -1.81. The van der Waals surface area contributed by atoms with Gasteiger partial charge in [-0.15, -0.1) is 0 Å².